The molecule has 10 rings (SSSR count). The van der Waals surface area contributed by atoms with E-state index >= 15 is 0 Å². The van der Waals surface area contributed by atoms with Crippen molar-refractivity contribution in [2.45, 2.75) is 101 Å². The monoisotopic (exact) mass is 653 g/mol. The highest BCUT2D eigenvalue weighted by atomic mass is 19.1. The Morgan fingerprint density at radius 1 is 1.12 bits per heavy atom. The number of ether oxygens (including phenoxy) is 1. The number of fused-ring (bicyclic) bond motifs is 2. The van der Waals surface area contributed by atoms with Gasteiger partial charge in [-0.25, -0.2) is 14.4 Å². The lowest BCUT2D eigenvalue weighted by Gasteiger charge is -2.64. The number of hydrogen-bond donors (Lipinski definition) is 2. The van der Waals surface area contributed by atoms with Crippen molar-refractivity contribution in [3.63, 3.8) is 0 Å². The summed E-state index contributed by atoms with van der Waals surface area (Å²) in [5, 5.41) is 4.15. The molecule has 0 aromatic carbocycles. The lowest BCUT2D eigenvalue weighted by Crippen LogP contribution is -2.70. The highest BCUT2D eigenvalue weighted by Crippen LogP contribution is 2.69. The Morgan fingerprint density at radius 3 is 2.56 bits per heavy atom. The number of carbonyl (C=O) groups excluding carboxylic acids is 2. The maximum Gasteiger partial charge on any atom is 0.254 e. The zero-order valence-corrected chi connectivity index (χ0v) is 28.0. The van der Waals surface area contributed by atoms with Gasteiger partial charge in [-0.05, 0) is 102 Å². The van der Waals surface area contributed by atoms with Gasteiger partial charge in [-0.1, -0.05) is 0 Å². The summed E-state index contributed by atoms with van der Waals surface area (Å²) in [6.45, 7) is 6.00. The van der Waals surface area contributed by atoms with Gasteiger partial charge in [-0.15, -0.1) is 0 Å². The van der Waals surface area contributed by atoms with Gasteiger partial charge in [0.15, 0.2) is 5.88 Å². The van der Waals surface area contributed by atoms with Crippen molar-refractivity contribution in [3.8, 4) is 17.3 Å². The molecule has 11 heteroatoms. The number of nitrogens with zero attached hydrogens (tertiary/aromatic N) is 5. The molecule has 5 aliphatic carbocycles. The predicted molar refractivity (Wildman–Crippen MR) is 180 cm³/mol. The second-order valence-electron chi connectivity index (χ2n) is 16.0. The Kier molecular flexibility index (Phi) is 6.43. The largest absolute Gasteiger partial charge is 0.482 e. The topological polar surface area (TPSA) is 120 Å². The minimum Gasteiger partial charge on any atom is -0.482 e. The molecule has 4 aromatic heterocycles. The zero-order valence-electron chi connectivity index (χ0n) is 28.0. The number of piperidine rings is 1. The molecule has 1 aliphatic heterocycles. The van der Waals surface area contributed by atoms with Crippen LogP contribution in [0.2, 0.25) is 0 Å². The third-order valence-electron chi connectivity index (χ3n) is 11.5. The molecule has 3 N–H and O–H groups in total. The van der Waals surface area contributed by atoms with E-state index in [-0.39, 0.29) is 17.9 Å². The maximum absolute atomic E-state index is 14.1. The number of methoxy groups -OCH3 is 1. The molecule has 0 spiro atoms. The van der Waals surface area contributed by atoms with Crippen LogP contribution in [0.3, 0.4) is 0 Å². The highest BCUT2D eigenvalue weighted by molar-refractivity contribution is 5.96. The summed E-state index contributed by atoms with van der Waals surface area (Å²) in [5.74, 6) is 1.41. The van der Waals surface area contributed by atoms with E-state index in [0.717, 1.165) is 66.0 Å². The van der Waals surface area contributed by atoms with Crippen LogP contribution in [-0.4, -0.2) is 67.1 Å². The number of amides is 2. The summed E-state index contributed by atoms with van der Waals surface area (Å²) in [5.41, 5.74) is 10.3. The molecule has 5 heterocycles. The average molecular weight is 654 g/mol. The van der Waals surface area contributed by atoms with Crippen LogP contribution in [0, 0.1) is 11.3 Å². The minimum atomic E-state index is -1.12. The maximum atomic E-state index is 14.1. The van der Waals surface area contributed by atoms with Crippen LogP contribution < -0.4 is 15.8 Å². The standard InChI is InChI=1S/C37H44FN7O3/c1-21(40-34(47)36-17-37(38,18-36)19-36)26-10-9-24-13-27(44(32(24)41-26)16-22-5-6-22)30-31(23-7-8-23)45-28(42-30)14-25(15-29(45)48-3)33(46)43-12-4-11-35(2,39)20-43/h9-10,13-15,21-23H,4-8,11-12,16-20,39H2,1-3H3,(H,40,47)/t21-,35?,36?,37?/m1/s1. The van der Waals surface area contributed by atoms with Crippen LogP contribution in [0.5, 0.6) is 5.88 Å². The van der Waals surface area contributed by atoms with Crippen LogP contribution in [-0.2, 0) is 11.3 Å². The molecule has 48 heavy (non-hydrogen) atoms. The van der Waals surface area contributed by atoms with E-state index in [1.165, 1.54) is 12.8 Å². The number of hydrogen-bond acceptors (Lipinski definition) is 6. The number of nitrogens with two attached hydrogens (primary N) is 1. The fraction of sp³-hybridized carbons (Fsp3) is 0.568. The quantitative estimate of drug-likeness (QED) is 0.240. The molecule has 2 bridgehead atoms. The Morgan fingerprint density at radius 2 is 1.90 bits per heavy atom. The van der Waals surface area contributed by atoms with E-state index < -0.39 is 16.6 Å². The SMILES string of the molecule is COc1cc(C(=O)N2CCCC(C)(N)C2)cc2nc(-c3cc4ccc([C@@H](C)NC(=O)C56CC(F)(C5)C6)nc4n3CC3CC3)c(C3CC3)n12. The summed E-state index contributed by atoms with van der Waals surface area (Å²) < 4.78 is 24.5. The molecule has 4 aromatic rings. The number of aromatic nitrogens is 4. The number of carbonyl (C=O) groups is 2. The van der Waals surface area contributed by atoms with E-state index in [1.54, 1.807) is 7.11 Å². The minimum absolute atomic E-state index is 0.0521. The Labute approximate surface area is 279 Å². The molecule has 1 saturated heterocycles. The van der Waals surface area contributed by atoms with Gasteiger partial charge < -0.3 is 25.3 Å². The number of alkyl halides is 1. The van der Waals surface area contributed by atoms with Crippen molar-refractivity contribution < 1.29 is 18.7 Å². The van der Waals surface area contributed by atoms with Gasteiger partial charge in [0.1, 0.15) is 22.7 Å². The van der Waals surface area contributed by atoms with E-state index in [4.69, 9.17) is 20.4 Å². The molecule has 6 aliphatic rings. The van der Waals surface area contributed by atoms with Crippen LogP contribution in [0.15, 0.2) is 30.3 Å². The first-order valence-electron chi connectivity index (χ1n) is 17.6. The van der Waals surface area contributed by atoms with Crippen molar-refractivity contribution in [2.75, 3.05) is 20.2 Å². The third kappa shape index (κ3) is 4.82. The molecular weight excluding hydrogens is 609 g/mol. The molecule has 2 amide bonds. The van der Waals surface area contributed by atoms with Gasteiger partial charge in [-0.3, -0.25) is 14.0 Å². The fourth-order valence-electron chi connectivity index (χ4n) is 8.63. The number of pyridine rings is 2. The number of imidazole rings is 1. The van der Waals surface area contributed by atoms with Gasteiger partial charge in [0.2, 0.25) is 5.91 Å². The Balaban J connectivity index is 1.11. The van der Waals surface area contributed by atoms with E-state index in [2.05, 4.69) is 26.4 Å². The summed E-state index contributed by atoms with van der Waals surface area (Å²) in [6, 6.07) is 9.69. The van der Waals surface area contributed by atoms with Crippen LogP contribution in [0.1, 0.15) is 105 Å². The van der Waals surface area contributed by atoms with E-state index in [0.29, 0.717) is 61.3 Å². The second-order valence-corrected chi connectivity index (χ2v) is 16.0. The Bertz CT molecular complexity index is 1980. The third-order valence-corrected chi connectivity index (χ3v) is 11.5. The van der Waals surface area contributed by atoms with Gasteiger partial charge in [-0.2, -0.15) is 0 Å². The summed E-state index contributed by atoms with van der Waals surface area (Å²) >= 11 is 0. The lowest BCUT2D eigenvalue weighted by molar-refractivity contribution is -0.214. The zero-order chi connectivity index (χ0) is 33.2. The number of rotatable bonds is 9. The summed E-state index contributed by atoms with van der Waals surface area (Å²) in [6.07, 6.45) is 7.30. The average Bonchev–Trinajstić information content (AvgIpc) is 3.96. The van der Waals surface area contributed by atoms with Crippen molar-refractivity contribution in [1.82, 2.24) is 29.2 Å². The molecule has 1 unspecified atom stereocenters. The molecule has 0 radical (unpaired) electrons. The molecule has 252 valence electrons. The first kappa shape index (κ1) is 30.1. The van der Waals surface area contributed by atoms with E-state index in [9.17, 15) is 14.0 Å². The van der Waals surface area contributed by atoms with Gasteiger partial charge in [0, 0.05) is 48.1 Å². The van der Waals surface area contributed by atoms with Crippen LogP contribution >= 0.6 is 0 Å². The Hall–Kier alpha value is -3.99. The van der Waals surface area contributed by atoms with Crippen LogP contribution in [0.25, 0.3) is 28.1 Å². The molecule has 2 atom stereocenters. The predicted octanol–water partition coefficient (Wildman–Crippen LogP) is 5.67. The van der Waals surface area contributed by atoms with Crippen molar-refractivity contribution in [2.24, 2.45) is 17.1 Å². The molecule has 5 saturated carbocycles. The number of nitrogens with one attached hydrogen (secondary N) is 1. The van der Waals surface area contributed by atoms with E-state index in [1.807, 2.05) is 36.9 Å². The number of halogens is 1. The fourth-order valence-corrected chi connectivity index (χ4v) is 8.63. The second kappa shape index (κ2) is 10.3. The summed E-state index contributed by atoms with van der Waals surface area (Å²) in [7, 11) is 1.65. The van der Waals surface area contributed by atoms with Crippen molar-refractivity contribution >= 4 is 28.5 Å². The smallest absolute Gasteiger partial charge is 0.254 e. The first-order valence-corrected chi connectivity index (χ1v) is 17.6. The summed E-state index contributed by atoms with van der Waals surface area (Å²) in [4.78, 5) is 39.1. The van der Waals surface area contributed by atoms with Gasteiger partial charge >= 0.3 is 0 Å². The first-order chi connectivity index (χ1) is 22.9. The van der Waals surface area contributed by atoms with Gasteiger partial charge in [0.05, 0.1) is 35.6 Å². The lowest BCUT2D eigenvalue weighted by atomic mass is 9.42. The van der Waals surface area contributed by atoms with Crippen LogP contribution in [0.4, 0.5) is 4.39 Å². The molecular formula is C37H44FN7O3. The van der Waals surface area contributed by atoms with Crippen molar-refractivity contribution in [3.05, 3.63) is 47.3 Å². The highest BCUT2D eigenvalue weighted by Gasteiger charge is 2.72. The van der Waals surface area contributed by atoms with Gasteiger partial charge in [0.25, 0.3) is 5.91 Å². The number of likely N-dealkylation sites (tertiary alicyclic amines) is 1. The van der Waals surface area contributed by atoms with Crippen molar-refractivity contribution in [1.29, 1.82) is 0 Å². The molecule has 10 nitrogen and oxygen atoms in total. The molecule has 6 fully saturated rings. The normalized spacial score (nSPS) is 28.6.